The summed E-state index contributed by atoms with van der Waals surface area (Å²) in [5, 5.41) is 11.4. The van der Waals surface area contributed by atoms with Crippen LogP contribution in [0.25, 0.3) is 11.1 Å². The minimum absolute atomic E-state index is 0.264. The van der Waals surface area contributed by atoms with Gasteiger partial charge in [-0.2, -0.15) is 5.26 Å². The van der Waals surface area contributed by atoms with Gasteiger partial charge >= 0.3 is 11.9 Å². The maximum atomic E-state index is 12.4. The Labute approximate surface area is 173 Å². The molecule has 0 saturated heterocycles. The number of benzene rings is 1. The molecular formula is C21H22N2O5S. The molecule has 2 rings (SSSR count). The number of nitrogens with zero attached hydrogens (tertiary/aromatic N) is 2. The Hall–Kier alpha value is -3.18. The summed E-state index contributed by atoms with van der Waals surface area (Å²) >= 11 is 1.21. The molecule has 2 aromatic rings. The number of nitriles is 1. The van der Waals surface area contributed by atoms with Crippen molar-refractivity contribution in [3.8, 4) is 22.9 Å². The van der Waals surface area contributed by atoms with E-state index in [0.29, 0.717) is 16.3 Å². The van der Waals surface area contributed by atoms with E-state index in [0.717, 1.165) is 5.56 Å². The van der Waals surface area contributed by atoms with Crippen LogP contribution in [0, 0.1) is 17.2 Å². The van der Waals surface area contributed by atoms with Gasteiger partial charge in [-0.15, -0.1) is 11.3 Å². The monoisotopic (exact) mass is 414 g/mol. The second-order valence-electron chi connectivity index (χ2n) is 6.97. The van der Waals surface area contributed by atoms with E-state index in [2.05, 4.69) is 4.99 Å². The molecule has 1 aromatic carbocycles. The van der Waals surface area contributed by atoms with Gasteiger partial charge in [0.25, 0.3) is 0 Å². The number of aliphatic imine (C=N–C) groups is 1. The van der Waals surface area contributed by atoms with E-state index in [4.69, 9.17) is 14.2 Å². The Morgan fingerprint density at radius 2 is 1.86 bits per heavy atom. The van der Waals surface area contributed by atoms with Gasteiger partial charge in [-0.1, -0.05) is 12.1 Å². The summed E-state index contributed by atoms with van der Waals surface area (Å²) in [4.78, 5) is 28.7. The highest BCUT2D eigenvalue weighted by molar-refractivity contribution is 7.14. The number of thiophene rings is 1. The van der Waals surface area contributed by atoms with Crippen molar-refractivity contribution in [3.05, 3.63) is 35.2 Å². The Balaban J connectivity index is 2.38. The first-order valence-electron chi connectivity index (χ1n) is 8.71. The van der Waals surface area contributed by atoms with Crippen molar-refractivity contribution in [2.24, 2.45) is 10.9 Å². The Morgan fingerprint density at radius 1 is 1.21 bits per heavy atom. The number of hydrogen-bond donors (Lipinski definition) is 0. The van der Waals surface area contributed by atoms with E-state index in [-0.39, 0.29) is 5.56 Å². The Kier molecular flexibility index (Phi) is 7.13. The molecular weight excluding hydrogens is 392 g/mol. The maximum Gasteiger partial charge on any atom is 0.341 e. The van der Waals surface area contributed by atoms with E-state index >= 15 is 0 Å². The Morgan fingerprint density at radius 3 is 2.38 bits per heavy atom. The molecule has 29 heavy (non-hydrogen) atoms. The van der Waals surface area contributed by atoms with Crippen molar-refractivity contribution in [1.29, 1.82) is 5.26 Å². The van der Waals surface area contributed by atoms with E-state index in [9.17, 15) is 14.9 Å². The van der Waals surface area contributed by atoms with Crippen molar-refractivity contribution in [3.63, 3.8) is 0 Å². The van der Waals surface area contributed by atoms with Crippen LogP contribution in [0.5, 0.6) is 5.75 Å². The topological polar surface area (TPSA) is 98.0 Å². The molecule has 1 aromatic heterocycles. The van der Waals surface area contributed by atoms with Crippen LogP contribution in [0.4, 0.5) is 5.00 Å². The van der Waals surface area contributed by atoms with Gasteiger partial charge in [-0.3, -0.25) is 4.79 Å². The minimum atomic E-state index is -1.19. The zero-order valence-corrected chi connectivity index (χ0v) is 17.7. The van der Waals surface area contributed by atoms with Crippen LogP contribution in [-0.2, 0) is 14.3 Å². The molecule has 152 valence electrons. The zero-order chi connectivity index (χ0) is 21.6. The Bertz CT molecular complexity index is 949. The SMILES string of the molecule is COC(=O)c1c(-c2ccc(OC)cc2)csc1N=CC(C#N)C(=O)OC(C)(C)C. The molecule has 0 radical (unpaired) electrons. The van der Waals surface area contributed by atoms with Crippen LogP contribution in [-0.4, -0.2) is 38.0 Å². The summed E-state index contributed by atoms with van der Waals surface area (Å²) in [6.45, 7) is 5.14. The van der Waals surface area contributed by atoms with Crippen LogP contribution < -0.4 is 4.74 Å². The molecule has 1 heterocycles. The summed E-state index contributed by atoms with van der Waals surface area (Å²) in [7, 11) is 2.85. The highest BCUT2D eigenvalue weighted by atomic mass is 32.1. The molecule has 0 aliphatic rings. The minimum Gasteiger partial charge on any atom is -0.497 e. The number of ether oxygens (including phenoxy) is 3. The lowest BCUT2D eigenvalue weighted by Gasteiger charge is -2.20. The highest BCUT2D eigenvalue weighted by Crippen LogP contribution is 2.38. The van der Waals surface area contributed by atoms with Crippen molar-refractivity contribution in [2.45, 2.75) is 26.4 Å². The van der Waals surface area contributed by atoms with Crippen molar-refractivity contribution < 1.29 is 23.8 Å². The van der Waals surface area contributed by atoms with Crippen molar-refractivity contribution in [1.82, 2.24) is 0 Å². The van der Waals surface area contributed by atoms with Crippen LogP contribution in [0.15, 0.2) is 34.6 Å². The molecule has 0 bridgehead atoms. The number of methoxy groups -OCH3 is 2. The molecule has 8 heteroatoms. The van der Waals surface area contributed by atoms with Gasteiger partial charge in [0.2, 0.25) is 0 Å². The second kappa shape index (κ2) is 9.34. The molecule has 7 nitrogen and oxygen atoms in total. The summed E-state index contributed by atoms with van der Waals surface area (Å²) in [6, 6.07) is 9.06. The molecule has 0 aliphatic heterocycles. The van der Waals surface area contributed by atoms with Gasteiger partial charge in [0.05, 0.1) is 20.3 Å². The molecule has 0 fully saturated rings. The largest absolute Gasteiger partial charge is 0.497 e. The van der Waals surface area contributed by atoms with Crippen LogP contribution in [0.3, 0.4) is 0 Å². The summed E-state index contributed by atoms with van der Waals surface area (Å²) in [5.74, 6) is -1.76. The lowest BCUT2D eigenvalue weighted by atomic mass is 10.0. The smallest absolute Gasteiger partial charge is 0.341 e. The van der Waals surface area contributed by atoms with E-state index in [1.165, 1.54) is 24.7 Å². The molecule has 0 amide bonds. The van der Waals surface area contributed by atoms with E-state index < -0.39 is 23.5 Å². The molecule has 0 N–H and O–H groups in total. The first kappa shape index (κ1) is 22.1. The number of esters is 2. The van der Waals surface area contributed by atoms with Gasteiger partial charge in [0.15, 0.2) is 5.92 Å². The third kappa shape index (κ3) is 5.65. The average molecular weight is 414 g/mol. The van der Waals surface area contributed by atoms with Gasteiger partial charge in [0.1, 0.15) is 21.9 Å². The van der Waals surface area contributed by atoms with Crippen molar-refractivity contribution >= 4 is 34.5 Å². The third-order valence-electron chi connectivity index (χ3n) is 3.70. The van der Waals surface area contributed by atoms with Crippen LogP contribution in [0.2, 0.25) is 0 Å². The molecule has 0 spiro atoms. The predicted molar refractivity (Wildman–Crippen MR) is 111 cm³/mol. The van der Waals surface area contributed by atoms with Gasteiger partial charge in [0, 0.05) is 17.2 Å². The second-order valence-corrected chi connectivity index (χ2v) is 7.83. The summed E-state index contributed by atoms with van der Waals surface area (Å²) in [5.41, 5.74) is 0.969. The fraction of sp³-hybridized carbons (Fsp3) is 0.333. The summed E-state index contributed by atoms with van der Waals surface area (Å²) < 4.78 is 15.3. The van der Waals surface area contributed by atoms with Gasteiger partial charge in [-0.25, -0.2) is 9.79 Å². The average Bonchev–Trinajstić information content (AvgIpc) is 3.10. The third-order valence-corrected chi connectivity index (χ3v) is 4.59. The maximum absolute atomic E-state index is 12.4. The quantitative estimate of drug-likeness (QED) is 0.513. The molecule has 0 saturated carbocycles. The van der Waals surface area contributed by atoms with E-state index in [1.807, 2.05) is 18.2 Å². The number of carbonyl (C=O) groups excluding carboxylic acids is 2. The molecule has 1 unspecified atom stereocenters. The lowest BCUT2D eigenvalue weighted by Crippen LogP contribution is -2.28. The van der Waals surface area contributed by atoms with Gasteiger partial charge < -0.3 is 14.2 Å². The fourth-order valence-corrected chi connectivity index (χ4v) is 3.30. The number of carbonyl (C=O) groups is 2. The molecule has 1 atom stereocenters. The lowest BCUT2D eigenvalue weighted by molar-refractivity contribution is -0.155. The van der Waals surface area contributed by atoms with Crippen LogP contribution >= 0.6 is 11.3 Å². The highest BCUT2D eigenvalue weighted by Gasteiger charge is 2.25. The number of hydrogen-bond acceptors (Lipinski definition) is 8. The first-order valence-corrected chi connectivity index (χ1v) is 9.59. The normalized spacial score (nSPS) is 12.3. The zero-order valence-electron chi connectivity index (χ0n) is 16.9. The van der Waals surface area contributed by atoms with Crippen molar-refractivity contribution in [2.75, 3.05) is 14.2 Å². The molecule has 0 aliphatic carbocycles. The number of rotatable bonds is 6. The first-order chi connectivity index (χ1) is 13.7. The fourth-order valence-electron chi connectivity index (χ4n) is 2.38. The predicted octanol–water partition coefficient (Wildman–Crippen LogP) is 4.39. The van der Waals surface area contributed by atoms with Crippen LogP contribution in [0.1, 0.15) is 31.1 Å². The summed E-state index contributed by atoms with van der Waals surface area (Å²) in [6.07, 6.45) is 1.18. The standard InChI is InChI=1S/C21H22N2O5S/c1-21(2,3)28-19(24)14(10-22)11-23-18-17(20(25)27-5)16(12-29-18)13-6-8-15(26-4)9-7-13/h6-9,11-12,14H,1-5H3. The van der Waals surface area contributed by atoms with E-state index in [1.54, 1.807) is 45.4 Å². The van der Waals surface area contributed by atoms with Gasteiger partial charge in [-0.05, 0) is 38.5 Å².